The number of nitrogens with zero attached hydrogens (tertiary/aromatic N) is 3. The van der Waals surface area contributed by atoms with E-state index in [9.17, 15) is 9.18 Å². The predicted molar refractivity (Wildman–Crippen MR) is 90.6 cm³/mol. The number of hydrogen-bond acceptors (Lipinski definition) is 5. The monoisotopic (exact) mass is 336 g/mol. The van der Waals surface area contributed by atoms with E-state index in [1.165, 1.54) is 16.2 Å². The lowest BCUT2D eigenvalue weighted by Crippen LogP contribution is -2.60. The zero-order valence-corrected chi connectivity index (χ0v) is 14.5. The minimum Gasteiger partial charge on any atom is -0.397 e. The molecule has 2 aromatic heterocycles. The van der Waals surface area contributed by atoms with Crippen LogP contribution >= 0.6 is 11.3 Å². The van der Waals surface area contributed by atoms with Crippen molar-refractivity contribution in [3.8, 4) is 0 Å². The van der Waals surface area contributed by atoms with Crippen molar-refractivity contribution in [2.45, 2.75) is 45.7 Å². The summed E-state index contributed by atoms with van der Waals surface area (Å²) in [5.74, 6) is -0.202. The molecule has 0 aliphatic carbocycles. The Kier molecular flexibility index (Phi) is 4.00. The molecule has 0 atom stereocenters. The van der Waals surface area contributed by atoms with Gasteiger partial charge in [-0.15, -0.1) is 16.4 Å². The number of anilines is 1. The molecule has 0 bridgehead atoms. The van der Waals surface area contributed by atoms with Crippen molar-refractivity contribution in [2.24, 2.45) is 0 Å². The van der Waals surface area contributed by atoms with Crippen LogP contribution in [-0.4, -0.2) is 39.8 Å². The van der Waals surface area contributed by atoms with Crippen LogP contribution in [0.25, 0.3) is 10.2 Å². The van der Waals surface area contributed by atoms with Gasteiger partial charge in [0.15, 0.2) is 0 Å². The number of carbonyl (C=O) groups is 1. The molecule has 1 aliphatic rings. The Morgan fingerprint density at radius 2 is 2.09 bits per heavy atom. The Labute approximate surface area is 138 Å². The number of nitrogen functional groups attached to an aromatic ring is 1. The van der Waals surface area contributed by atoms with Crippen molar-refractivity contribution in [3.63, 3.8) is 0 Å². The maximum atomic E-state index is 14.4. The van der Waals surface area contributed by atoms with E-state index in [4.69, 9.17) is 5.73 Å². The summed E-state index contributed by atoms with van der Waals surface area (Å²) in [6, 6.07) is 0. The van der Waals surface area contributed by atoms with Gasteiger partial charge in [0.2, 0.25) is 0 Å². The van der Waals surface area contributed by atoms with Crippen LogP contribution in [0.5, 0.6) is 0 Å². The van der Waals surface area contributed by atoms with Crippen molar-refractivity contribution in [1.82, 2.24) is 15.1 Å². The Bertz CT molecular complexity index is 767. The van der Waals surface area contributed by atoms with E-state index in [0.29, 0.717) is 21.8 Å². The summed E-state index contributed by atoms with van der Waals surface area (Å²) in [6.45, 7) is 6.13. The van der Waals surface area contributed by atoms with E-state index < -0.39 is 5.67 Å². The molecule has 2 N–H and O–H groups in total. The lowest BCUT2D eigenvalue weighted by Gasteiger charge is -2.44. The molecule has 0 unspecified atom stereocenters. The molecule has 1 fully saturated rings. The van der Waals surface area contributed by atoms with Gasteiger partial charge in [-0.3, -0.25) is 4.79 Å². The lowest BCUT2D eigenvalue weighted by atomic mass is 9.90. The number of hydrogen-bond donors (Lipinski definition) is 1. The maximum Gasteiger partial charge on any atom is 0.266 e. The molecule has 0 aromatic carbocycles. The minimum atomic E-state index is -1.23. The molecule has 5 nitrogen and oxygen atoms in total. The summed E-state index contributed by atoms with van der Waals surface area (Å²) < 4.78 is 14.4. The van der Waals surface area contributed by atoms with Gasteiger partial charge in [0.05, 0.1) is 24.5 Å². The quantitative estimate of drug-likeness (QED) is 0.930. The molecule has 1 amide bonds. The summed E-state index contributed by atoms with van der Waals surface area (Å²) in [5, 5.41) is 8.99. The maximum absolute atomic E-state index is 14.4. The highest BCUT2D eigenvalue weighted by atomic mass is 32.1. The number of nitrogens with two attached hydrogens (primary N) is 1. The van der Waals surface area contributed by atoms with Crippen LogP contribution < -0.4 is 5.73 Å². The number of halogens is 1. The molecule has 1 aliphatic heterocycles. The molecular formula is C16H21FN4OS. The number of unbranched alkanes of at least 4 members (excludes halogenated alkanes) is 1. The molecule has 2 aromatic rings. The highest BCUT2D eigenvalue weighted by molar-refractivity contribution is 7.21. The van der Waals surface area contributed by atoms with Gasteiger partial charge in [-0.05, 0) is 25.8 Å². The van der Waals surface area contributed by atoms with E-state index in [-0.39, 0.29) is 19.0 Å². The normalized spacial score (nSPS) is 16.6. The molecule has 3 heterocycles. The standard InChI is InChI=1S/C16H21FN4OS/c1-4-5-6-16(17)7-21(8-16)15(22)13-12(18)11-9(2)10(3)19-20-14(11)23-13/h4-8,18H2,1-3H3. The van der Waals surface area contributed by atoms with Gasteiger partial charge in [-0.25, -0.2) is 4.39 Å². The first-order valence-corrected chi connectivity index (χ1v) is 8.68. The number of amides is 1. The smallest absolute Gasteiger partial charge is 0.266 e. The van der Waals surface area contributed by atoms with Gasteiger partial charge in [0, 0.05) is 5.39 Å². The Morgan fingerprint density at radius 1 is 1.39 bits per heavy atom. The second-order valence-electron chi connectivity index (χ2n) is 6.35. The third kappa shape index (κ3) is 2.67. The Hall–Kier alpha value is -1.76. The number of aryl methyl sites for hydroxylation is 2. The second kappa shape index (κ2) is 5.70. The fourth-order valence-corrected chi connectivity index (χ4v) is 4.04. The molecule has 7 heteroatoms. The largest absolute Gasteiger partial charge is 0.397 e. The molecular weight excluding hydrogens is 315 g/mol. The topological polar surface area (TPSA) is 72.1 Å². The Balaban J connectivity index is 1.83. The van der Waals surface area contributed by atoms with E-state index in [1.54, 1.807) is 0 Å². The number of alkyl halides is 1. The van der Waals surface area contributed by atoms with Crippen molar-refractivity contribution < 1.29 is 9.18 Å². The van der Waals surface area contributed by atoms with Crippen LogP contribution in [-0.2, 0) is 0 Å². The fraction of sp³-hybridized carbons (Fsp3) is 0.562. The number of likely N-dealkylation sites (tertiary alicyclic amines) is 1. The SMILES string of the molecule is CCCCC1(F)CN(C(=O)c2sc3nnc(C)c(C)c3c2N)C1. The third-order valence-electron chi connectivity index (χ3n) is 4.54. The van der Waals surface area contributed by atoms with Crippen molar-refractivity contribution in [1.29, 1.82) is 0 Å². The zero-order chi connectivity index (χ0) is 16.8. The van der Waals surface area contributed by atoms with Gasteiger partial charge in [0.1, 0.15) is 15.4 Å². The molecule has 1 saturated heterocycles. The van der Waals surface area contributed by atoms with Gasteiger partial charge in [-0.2, -0.15) is 5.10 Å². The van der Waals surface area contributed by atoms with Crippen LogP contribution in [0.2, 0.25) is 0 Å². The van der Waals surface area contributed by atoms with E-state index >= 15 is 0 Å². The number of fused-ring (bicyclic) bond motifs is 1. The summed E-state index contributed by atoms with van der Waals surface area (Å²) in [5.41, 5.74) is 7.12. The molecule has 3 rings (SSSR count). The highest BCUT2D eigenvalue weighted by Crippen LogP contribution is 2.38. The van der Waals surface area contributed by atoms with E-state index in [0.717, 1.165) is 29.5 Å². The van der Waals surface area contributed by atoms with Crippen LogP contribution in [0.4, 0.5) is 10.1 Å². The number of thiophene rings is 1. The van der Waals surface area contributed by atoms with Crippen LogP contribution in [0, 0.1) is 13.8 Å². The summed E-state index contributed by atoms with van der Waals surface area (Å²) >= 11 is 1.24. The number of rotatable bonds is 4. The third-order valence-corrected chi connectivity index (χ3v) is 5.62. The molecule has 0 radical (unpaired) electrons. The van der Waals surface area contributed by atoms with Gasteiger partial charge in [-0.1, -0.05) is 19.8 Å². The number of aromatic nitrogens is 2. The fourth-order valence-electron chi connectivity index (χ4n) is 2.98. The first-order chi connectivity index (χ1) is 10.9. The van der Waals surface area contributed by atoms with Crippen molar-refractivity contribution in [2.75, 3.05) is 18.8 Å². The molecule has 23 heavy (non-hydrogen) atoms. The van der Waals surface area contributed by atoms with Crippen molar-refractivity contribution >= 4 is 33.1 Å². The van der Waals surface area contributed by atoms with Gasteiger partial charge in [0.25, 0.3) is 5.91 Å². The predicted octanol–water partition coefficient (Wildman–Crippen LogP) is 3.24. The molecule has 0 spiro atoms. The van der Waals surface area contributed by atoms with E-state index in [2.05, 4.69) is 10.2 Å². The molecule has 124 valence electrons. The van der Waals surface area contributed by atoms with Gasteiger partial charge >= 0.3 is 0 Å². The summed E-state index contributed by atoms with van der Waals surface area (Å²) in [6.07, 6.45) is 2.32. The average molecular weight is 336 g/mol. The minimum absolute atomic E-state index is 0.156. The summed E-state index contributed by atoms with van der Waals surface area (Å²) in [7, 11) is 0. The zero-order valence-electron chi connectivity index (χ0n) is 13.6. The first-order valence-electron chi connectivity index (χ1n) is 7.86. The van der Waals surface area contributed by atoms with Crippen LogP contribution in [0.15, 0.2) is 0 Å². The van der Waals surface area contributed by atoms with Gasteiger partial charge < -0.3 is 10.6 Å². The lowest BCUT2D eigenvalue weighted by molar-refractivity contribution is -0.0254. The van der Waals surface area contributed by atoms with Crippen LogP contribution in [0.3, 0.4) is 0 Å². The summed E-state index contributed by atoms with van der Waals surface area (Å²) in [4.78, 5) is 15.3. The first kappa shape index (κ1) is 16.1. The van der Waals surface area contributed by atoms with E-state index in [1.807, 2.05) is 20.8 Å². The number of carbonyl (C=O) groups excluding carboxylic acids is 1. The van der Waals surface area contributed by atoms with Crippen LogP contribution in [0.1, 0.15) is 47.1 Å². The van der Waals surface area contributed by atoms with Crippen molar-refractivity contribution in [3.05, 3.63) is 16.1 Å². The average Bonchev–Trinajstić information content (AvgIpc) is 2.83. The Morgan fingerprint density at radius 3 is 2.74 bits per heavy atom. The molecule has 0 saturated carbocycles. The second-order valence-corrected chi connectivity index (χ2v) is 7.35. The highest BCUT2D eigenvalue weighted by Gasteiger charge is 2.45.